The van der Waals surface area contributed by atoms with Gasteiger partial charge in [0.25, 0.3) is 0 Å². The van der Waals surface area contributed by atoms with Gasteiger partial charge in [0.05, 0.1) is 11.2 Å². The van der Waals surface area contributed by atoms with Crippen LogP contribution in [0.1, 0.15) is 38.2 Å². The van der Waals surface area contributed by atoms with E-state index < -0.39 is 5.54 Å². The Morgan fingerprint density at radius 3 is 2.81 bits per heavy atom. The first-order valence-electron chi connectivity index (χ1n) is 5.53. The van der Waals surface area contributed by atoms with E-state index in [2.05, 4.69) is 22.2 Å². The summed E-state index contributed by atoms with van der Waals surface area (Å²) in [6.45, 7) is 6.01. The van der Waals surface area contributed by atoms with E-state index in [1.165, 1.54) is 0 Å². The van der Waals surface area contributed by atoms with Crippen molar-refractivity contribution in [1.29, 1.82) is 0 Å². The second-order valence-electron chi connectivity index (χ2n) is 4.44. The molecule has 0 aliphatic carbocycles. The monoisotopic (exact) mass is 219 g/mol. The maximum absolute atomic E-state index is 6.25. The summed E-state index contributed by atoms with van der Waals surface area (Å²) in [7, 11) is 0. The number of nitrogens with two attached hydrogens (primary N) is 1. The summed E-state index contributed by atoms with van der Waals surface area (Å²) in [6.07, 6.45) is 1.87. The molecule has 5 nitrogen and oxygen atoms in total. The molecule has 1 unspecified atom stereocenters. The summed E-state index contributed by atoms with van der Waals surface area (Å²) in [6, 6.07) is 3.82. The molecule has 2 aromatic heterocycles. The first kappa shape index (κ1) is 11.0. The molecule has 16 heavy (non-hydrogen) atoms. The van der Waals surface area contributed by atoms with Gasteiger partial charge < -0.3 is 5.73 Å². The molecule has 0 bridgehead atoms. The smallest absolute Gasteiger partial charge is 0.177 e. The van der Waals surface area contributed by atoms with E-state index in [1.54, 1.807) is 4.52 Å². The summed E-state index contributed by atoms with van der Waals surface area (Å²) in [4.78, 5) is 0. The highest BCUT2D eigenvalue weighted by molar-refractivity contribution is 5.37. The van der Waals surface area contributed by atoms with Crippen LogP contribution < -0.4 is 5.73 Å². The van der Waals surface area contributed by atoms with Gasteiger partial charge in [-0.25, -0.2) is 0 Å². The molecule has 1 atom stereocenters. The highest BCUT2D eigenvalue weighted by Crippen LogP contribution is 2.21. The van der Waals surface area contributed by atoms with Crippen LogP contribution in [0, 0.1) is 6.92 Å². The highest BCUT2D eigenvalue weighted by Gasteiger charge is 2.26. The zero-order valence-corrected chi connectivity index (χ0v) is 9.94. The third-order valence-corrected chi connectivity index (χ3v) is 2.68. The Hall–Kier alpha value is -1.49. The number of hydrogen-bond acceptors (Lipinski definition) is 4. The Balaban J connectivity index is 2.56. The Morgan fingerprint density at radius 1 is 1.38 bits per heavy atom. The fourth-order valence-electron chi connectivity index (χ4n) is 1.87. The normalized spacial score (nSPS) is 15.2. The molecule has 2 rings (SSSR count). The molecular formula is C11H17N5. The van der Waals surface area contributed by atoms with Crippen molar-refractivity contribution >= 4 is 5.65 Å². The molecule has 0 saturated heterocycles. The molecule has 0 fully saturated rings. The van der Waals surface area contributed by atoms with E-state index in [0.29, 0.717) is 0 Å². The largest absolute Gasteiger partial charge is 0.319 e. The Labute approximate surface area is 94.7 Å². The maximum atomic E-state index is 6.25. The number of aromatic nitrogens is 4. The van der Waals surface area contributed by atoms with E-state index >= 15 is 0 Å². The molecule has 86 valence electrons. The van der Waals surface area contributed by atoms with Crippen molar-refractivity contribution in [3.63, 3.8) is 0 Å². The van der Waals surface area contributed by atoms with Crippen LogP contribution in [0.15, 0.2) is 12.1 Å². The molecule has 2 N–H and O–H groups in total. The van der Waals surface area contributed by atoms with Crippen molar-refractivity contribution in [2.24, 2.45) is 5.73 Å². The second kappa shape index (κ2) is 3.83. The summed E-state index contributed by atoms with van der Waals surface area (Å²) in [5.41, 5.74) is 7.44. The quantitative estimate of drug-likeness (QED) is 0.847. The fourth-order valence-corrected chi connectivity index (χ4v) is 1.87. The number of hydrogen-bond donors (Lipinski definition) is 1. The van der Waals surface area contributed by atoms with Crippen LogP contribution in [-0.4, -0.2) is 19.8 Å². The van der Waals surface area contributed by atoms with Crippen molar-refractivity contribution in [1.82, 2.24) is 19.8 Å². The van der Waals surface area contributed by atoms with Crippen LogP contribution in [0.3, 0.4) is 0 Å². The van der Waals surface area contributed by atoms with Gasteiger partial charge >= 0.3 is 0 Å². The molecule has 2 heterocycles. The van der Waals surface area contributed by atoms with Crippen molar-refractivity contribution in [3.05, 3.63) is 23.7 Å². The average Bonchev–Trinajstić information content (AvgIpc) is 2.60. The van der Waals surface area contributed by atoms with Gasteiger partial charge in [0.1, 0.15) is 0 Å². The lowest BCUT2D eigenvalue weighted by molar-refractivity contribution is 0.409. The molecular weight excluding hydrogens is 202 g/mol. The molecule has 0 amide bonds. The Morgan fingerprint density at radius 2 is 2.12 bits per heavy atom. The number of aryl methyl sites for hydroxylation is 1. The maximum Gasteiger partial charge on any atom is 0.177 e. The van der Waals surface area contributed by atoms with Gasteiger partial charge in [-0.15, -0.1) is 10.2 Å². The molecule has 0 aliphatic rings. The molecule has 0 aromatic carbocycles. The van der Waals surface area contributed by atoms with Crippen molar-refractivity contribution < 1.29 is 0 Å². The first-order valence-corrected chi connectivity index (χ1v) is 5.53. The highest BCUT2D eigenvalue weighted by atomic mass is 15.4. The van der Waals surface area contributed by atoms with Crippen LogP contribution in [0.25, 0.3) is 5.65 Å². The van der Waals surface area contributed by atoms with E-state index in [-0.39, 0.29) is 0 Å². The lowest BCUT2D eigenvalue weighted by atomic mass is 9.97. The predicted molar refractivity (Wildman–Crippen MR) is 62.0 cm³/mol. The number of fused-ring (bicyclic) bond motifs is 1. The fraction of sp³-hybridized carbons (Fsp3) is 0.545. The standard InChI is InChI=1S/C11H17N5/c1-4-7-11(3,12)10-14-13-9-6-5-8(2)15-16(9)10/h5-6H,4,7,12H2,1-3H3. The van der Waals surface area contributed by atoms with Crippen LogP contribution in [0.5, 0.6) is 0 Å². The summed E-state index contributed by atoms with van der Waals surface area (Å²) in [5, 5.41) is 12.6. The zero-order valence-electron chi connectivity index (χ0n) is 9.94. The second-order valence-corrected chi connectivity index (χ2v) is 4.44. The van der Waals surface area contributed by atoms with E-state index in [0.717, 1.165) is 30.0 Å². The molecule has 0 saturated carbocycles. The minimum atomic E-state index is -0.477. The van der Waals surface area contributed by atoms with Crippen LogP contribution in [-0.2, 0) is 5.54 Å². The Kier molecular flexibility index (Phi) is 2.63. The van der Waals surface area contributed by atoms with Crippen molar-refractivity contribution in [2.75, 3.05) is 0 Å². The third-order valence-electron chi connectivity index (χ3n) is 2.68. The first-order chi connectivity index (χ1) is 7.54. The molecule has 5 heteroatoms. The summed E-state index contributed by atoms with van der Waals surface area (Å²) < 4.78 is 1.74. The minimum Gasteiger partial charge on any atom is -0.319 e. The van der Waals surface area contributed by atoms with Crippen molar-refractivity contribution in [3.8, 4) is 0 Å². The SMILES string of the molecule is CCCC(C)(N)c1nnc2ccc(C)nn12. The Bertz CT molecular complexity index is 500. The van der Waals surface area contributed by atoms with Gasteiger partial charge in [-0.05, 0) is 32.4 Å². The molecule has 2 aromatic rings. The van der Waals surface area contributed by atoms with Gasteiger partial charge in [0.15, 0.2) is 11.5 Å². The zero-order chi connectivity index (χ0) is 11.8. The van der Waals surface area contributed by atoms with Crippen molar-refractivity contribution in [2.45, 2.75) is 39.2 Å². The van der Waals surface area contributed by atoms with Gasteiger partial charge in [-0.2, -0.15) is 9.61 Å². The number of rotatable bonds is 3. The van der Waals surface area contributed by atoms with Crippen LogP contribution >= 0.6 is 0 Å². The topological polar surface area (TPSA) is 69.1 Å². The average molecular weight is 219 g/mol. The van der Waals surface area contributed by atoms with E-state index in [9.17, 15) is 0 Å². The summed E-state index contributed by atoms with van der Waals surface area (Å²) >= 11 is 0. The predicted octanol–water partition coefficient (Wildman–Crippen LogP) is 1.41. The minimum absolute atomic E-state index is 0.477. The summed E-state index contributed by atoms with van der Waals surface area (Å²) in [5.74, 6) is 0.730. The van der Waals surface area contributed by atoms with Crippen LogP contribution in [0.4, 0.5) is 0 Å². The van der Waals surface area contributed by atoms with E-state index in [4.69, 9.17) is 5.73 Å². The molecule has 0 radical (unpaired) electrons. The van der Waals surface area contributed by atoms with Gasteiger partial charge in [0.2, 0.25) is 0 Å². The molecule has 0 spiro atoms. The van der Waals surface area contributed by atoms with Crippen LogP contribution in [0.2, 0.25) is 0 Å². The van der Waals surface area contributed by atoms with Gasteiger partial charge in [0, 0.05) is 0 Å². The lowest BCUT2D eigenvalue weighted by Gasteiger charge is -2.21. The van der Waals surface area contributed by atoms with Gasteiger partial charge in [-0.3, -0.25) is 0 Å². The van der Waals surface area contributed by atoms with Gasteiger partial charge in [-0.1, -0.05) is 13.3 Å². The lowest BCUT2D eigenvalue weighted by Crippen LogP contribution is -2.35. The number of nitrogens with zero attached hydrogens (tertiary/aromatic N) is 4. The third kappa shape index (κ3) is 1.78. The van der Waals surface area contributed by atoms with E-state index in [1.807, 2.05) is 26.0 Å². The molecule has 0 aliphatic heterocycles.